The minimum Gasteiger partial charge on any atom is -0.338 e. The van der Waals surface area contributed by atoms with Gasteiger partial charge in [0.1, 0.15) is 19.6 Å². The molecule has 0 spiro atoms. The van der Waals surface area contributed by atoms with E-state index in [1.54, 1.807) is 11.3 Å². The Bertz CT molecular complexity index is 625. The van der Waals surface area contributed by atoms with Crippen LogP contribution in [0, 0.1) is 0 Å². The number of carbonyl (C=O) groups is 1. The Kier molecular flexibility index (Phi) is 3.96. The summed E-state index contributed by atoms with van der Waals surface area (Å²) < 4.78 is 0. The summed E-state index contributed by atoms with van der Waals surface area (Å²) in [6, 6.07) is 19.6. The Labute approximate surface area is 124 Å². The second-order valence-electron chi connectivity index (χ2n) is 5.06. The largest absolute Gasteiger partial charge is 0.338 e. The maximum Gasteiger partial charge on any atom is 0.183 e. The van der Waals surface area contributed by atoms with E-state index in [1.165, 1.54) is 5.56 Å². The number of carbonyl (C=O) groups excluding carboxylic acids is 1. The molecule has 0 atom stereocenters. The molecule has 4 heteroatoms. The van der Waals surface area contributed by atoms with Gasteiger partial charge in [-0.05, 0) is 5.56 Å². The van der Waals surface area contributed by atoms with Crippen LogP contribution in [0.15, 0.2) is 65.8 Å². The number of ketones is 1. The highest BCUT2D eigenvalue weighted by Gasteiger charge is 2.17. The van der Waals surface area contributed by atoms with Crippen LogP contribution in [-0.2, 0) is 6.54 Å². The fourth-order valence-electron chi connectivity index (χ4n) is 2.31. The van der Waals surface area contributed by atoms with Gasteiger partial charge in [-0.2, -0.15) is 5.10 Å². The van der Waals surface area contributed by atoms with Crippen molar-refractivity contribution in [2.45, 2.75) is 6.54 Å². The topological polar surface area (TPSA) is 35.9 Å². The van der Waals surface area contributed by atoms with Crippen LogP contribution >= 0.6 is 0 Å². The smallest absolute Gasteiger partial charge is 0.183 e. The number of hydrazone groups is 1. The summed E-state index contributed by atoms with van der Waals surface area (Å²) >= 11 is 0. The summed E-state index contributed by atoms with van der Waals surface area (Å²) in [6.07, 6.45) is 1.80. The molecule has 4 nitrogen and oxygen atoms in total. The fraction of sp³-hybridized carbons (Fsp3) is 0.176. The average molecular weight is 279 g/mol. The lowest BCUT2D eigenvalue weighted by molar-refractivity contribution is 0.0921. The van der Waals surface area contributed by atoms with E-state index in [1.807, 2.05) is 48.5 Å². The van der Waals surface area contributed by atoms with Crippen LogP contribution in [0.5, 0.6) is 0 Å². The van der Waals surface area contributed by atoms with Gasteiger partial charge in [0.05, 0.1) is 0 Å². The molecule has 0 N–H and O–H groups in total. The molecule has 1 aliphatic heterocycles. The highest BCUT2D eigenvalue weighted by Crippen LogP contribution is 2.10. The van der Waals surface area contributed by atoms with Gasteiger partial charge in [0.15, 0.2) is 5.78 Å². The van der Waals surface area contributed by atoms with Crippen molar-refractivity contribution in [3.8, 4) is 0 Å². The van der Waals surface area contributed by atoms with E-state index in [9.17, 15) is 4.79 Å². The van der Waals surface area contributed by atoms with Crippen LogP contribution < -0.4 is 0 Å². The summed E-state index contributed by atoms with van der Waals surface area (Å²) in [6.45, 7) is 1.76. The quantitative estimate of drug-likeness (QED) is 0.789. The molecule has 0 saturated heterocycles. The molecule has 0 radical (unpaired) electrons. The Morgan fingerprint density at radius 3 is 2.38 bits per heavy atom. The van der Waals surface area contributed by atoms with Crippen molar-refractivity contribution < 1.29 is 4.79 Å². The Balaban J connectivity index is 1.54. The van der Waals surface area contributed by atoms with E-state index >= 15 is 0 Å². The van der Waals surface area contributed by atoms with Crippen LogP contribution in [0.2, 0.25) is 0 Å². The lowest BCUT2D eigenvalue weighted by Crippen LogP contribution is -2.30. The predicted octanol–water partition coefficient (Wildman–Crippen LogP) is 2.59. The first-order chi connectivity index (χ1) is 10.3. The third-order valence-electron chi connectivity index (χ3n) is 3.37. The van der Waals surface area contributed by atoms with E-state index in [2.05, 4.69) is 22.1 Å². The fourth-order valence-corrected chi connectivity index (χ4v) is 2.31. The monoisotopic (exact) mass is 279 g/mol. The predicted molar refractivity (Wildman–Crippen MR) is 82.8 cm³/mol. The third-order valence-corrected chi connectivity index (χ3v) is 3.37. The molecule has 1 aliphatic rings. The molecule has 0 saturated carbocycles. The summed E-state index contributed by atoms with van der Waals surface area (Å²) in [4.78, 5) is 14.2. The highest BCUT2D eigenvalue weighted by atomic mass is 16.1. The number of rotatable bonds is 5. The molecule has 0 bridgehead atoms. The van der Waals surface area contributed by atoms with E-state index < -0.39 is 0 Å². The number of nitrogens with zero attached hydrogens (tertiary/aromatic N) is 3. The van der Waals surface area contributed by atoms with Gasteiger partial charge in [-0.3, -0.25) is 9.80 Å². The molecular weight excluding hydrogens is 262 g/mol. The Morgan fingerprint density at radius 1 is 1.00 bits per heavy atom. The van der Waals surface area contributed by atoms with Gasteiger partial charge in [0.2, 0.25) is 0 Å². The summed E-state index contributed by atoms with van der Waals surface area (Å²) in [5, 5.41) is 6.08. The van der Waals surface area contributed by atoms with Crippen molar-refractivity contribution in [3.63, 3.8) is 0 Å². The second-order valence-corrected chi connectivity index (χ2v) is 5.06. The highest BCUT2D eigenvalue weighted by molar-refractivity contribution is 5.97. The lowest BCUT2D eigenvalue weighted by Gasteiger charge is -2.18. The molecule has 21 heavy (non-hydrogen) atoms. The van der Waals surface area contributed by atoms with Crippen molar-refractivity contribution >= 4 is 12.1 Å². The van der Waals surface area contributed by atoms with E-state index in [0.29, 0.717) is 13.2 Å². The molecule has 3 rings (SSSR count). The Morgan fingerprint density at radius 2 is 1.67 bits per heavy atom. The average Bonchev–Trinajstić information content (AvgIpc) is 2.96. The minimum absolute atomic E-state index is 0.0920. The molecule has 0 aromatic heterocycles. The molecule has 0 unspecified atom stereocenters. The number of hydrogen-bond donors (Lipinski definition) is 0. The lowest BCUT2D eigenvalue weighted by atomic mass is 10.1. The molecule has 2 aromatic carbocycles. The third kappa shape index (κ3) is 3.48. The van der Waals surface area contributed by atoms with Crippen molar-refractivity contribution in [1.82, 2.24) is 9.91 Å². The maximum atomic E-state index is 12.1. The minimum atomic E-state index is 0.0920. The Hall–Kier alpha value is -2.62. The van der Waals surface area contributed by atoms with Crippen LogP contribution in [-0.4, -0.2) is 35.2 Å². The van der Waals surface area contributed by atoms with Crippen molar-refractivity contribution in [2.24, 2.45) is 5.10 Å². The van der Waals surface area contributed by atoms with Crippen molar-refractivity contribution in [2.75, 3.05) is 13.2 Å². The van der Waals surface area contributed by atoms with Crippen LogP contribution in [0.4, 0.5) is 0 Å². The number of hydrogen-bond acceptors (Lipinski definition) is 4. The van der Waals surface area contributed by atoms with Crippen LogP contribution in [0.25, 0.3) is 0 Å². The molecule has 0 fully saturated rings. The van der Waals surface area contributed by atoms with E-state index in [-0.39, 0.29) is 5.78 Å². The van der Waals surface area contributed by atoms with Gasteiger partial charge in [-0.1, -0.05) is 60.7 Å². The molecule has 2 aromatic rings. The standard InChI is InChI=1S/C17H17N3O/c21-17(16-9-5-2-6-10-16)12-20-14-19(13-18-20)11-15-7-3-1-4-8-15/h1-10,13H,11-12,14H2. The van der Waals surface area contributed by atoms with Crippen molar-refractivity contribution in [1.29, 1.82) is 0 Å². The first kappa shape index (κ1) is 13.4. The van der Waals surface area contributed by atoms with Gasteiger partial charge < -0.3 is 4.90 Å². The zero-order valence-electron chi connectivity index (χ0n) is 11.7. The normalized spacial score (nSPS) is 13.7. The molecule has 0 aliphatic carbocycles. The van der Waals surface area contributed by atoms with Gasteiger partial charge >= 0.3 is 0 Å². The second kappa shape index (κ2) is 6.22. The van der Waals surface area contributed by atoms with Gasteiger partial charge in [-0.25, -0.2) is 0 Å². The number of Topliss-reactive ketones (excluding diaryl/α,β-unsaturated/α-hetero) is 1. The van der Waals surface area contributed by atoms with Gasteiger partial charge in [0.25, 0.3) is 0 Å². The van der Waals surface area contributed by atoms with E-state index in [0.717, 1.165) is 12.1 Å². The van der Waals surface area contributed by atoms with Crippen LogP contribution in [0.1, 0.15) is 15.9 Å². The maximum absolute atomic E-state index is 12.1. The van der Waals surface area contributed by atoms with Crippen LogP contribution in [0.3, 0.4) is 0 Å². The first-order valence-corrected chi connectivity index (χ1v) is 6.96. The van der Waals surface area contributed by atoms with Crippen molar-refractivity contribution in [3.05, 3.63) is 71.8 Å². The summed E-state index contributed by atoms with van der Waals surface area (Å²) in [5.41, 5.74) is 1.97. The summed E-state index contributed by atoms with van der Waals surface area (Å²) in [5.74, 6) is 0.0920. The first-order valence-electron chi connectivity index (χ1n) is 6.96. The van der Waals surface area contributed by atoms with Gasteiger partial charge in [-0.15, -0.1) is 0 Å². The SMILES string of the molecule is O=C(CN1CN(Cc2ccccc2)C=N1)c1ccccc1. The van der Waals surface area contributed by atoms with Gasteiger partial charge in [0, 0.05) is 12.1 Å². The zero-order chi connectivity index (χ0) is 14.5. The van der Waals surface area contributed by atoms with E-state index in [4.69, 9.17) is 0 Å². The molecule has 106 valence electrons. The molecular formula is C17H17N3O. The molecule has 1 heterocycles. The molecule has 0 amide bonds. The number of benzene rings is 2. The summed E-state index contributed by atoms with van der Waals surface area (Å²) in [7, 11) is 0. The zero-order valence-corrected chi connectivity index (χ0v) is 11.7.